The number of rotatable bonds is 5. The van der Waals surface area contributed by atoms with Gasteiger partial charge in [-0.25, -0.2) is 0 Å². The van der Waals surface area contributed by atoms with Gasteiger partial charge in [0.05, 0.1) is 18.1 Å². The lowest BCUT2D eigenvalue weighted by Gasteiger charge is -2.07. The van der Waals surface area contributed by atoms with Crippen LogP contribution in [0.4, 0.5) is 5.69 Å². The maximum absolute atomic E-state index is 11.7. The van der Waals surface area contributed by atoms with Crippen molar-refractivity contribution in [3.8, 4) is 0 Å². The zero-order chi connectivity index (χ0) is 13.4. The van der Waals surface area contributed by atoms with Gasteiger partial charge in [-0.1, -0.05) is 6.07 Å². The summed E-state index contributed by atoms with van der Waals surface area (Å²) in [5, 5.41) is 10.5. The van der Waals surface area contributed by atoms with E-state index in [0.29, 0.717) is 0 Å². The number of benzene rings is 1. The van der Waals surface area contributed by atoms with Crippen LogP contribution in [0.3, 0.4) is 0 Å². The van der Waals surface area contributed by atoms with Crippen molar-refractivity contribution in [1.82, 2.24) is 0 Å². The zero-order valence-corrected chi connectivity index (χ0v) is 9.92. The molecule has 1 atom stereocenters. The summed E-state index contributed by atoms with van der Waals surface area (Å²) in [5.41, 5.74) is -1.39. The summed E-state index contributed by atoms with van der Waals surface area (Å²) in [5.74, 6) is 0. The molecule has 0 N–H and O–H groups in total. The van der Waals surface area contributed by atoms with Gasteiger partial charge in [0.1, 0.15) is 10.5 Å². The van der Waals surface area contributed by atoms with Crippen molar-refractivity contribution in [1.29, 1.82) is 0 Å². The molecule has 1 aliphatic rings. The molecule has 1 aromatic rings. The van der Waals surface area contributed by atoms with Crippen molar-refractivity contribution >= 4 is 15.8 Å². The van der Waals surface area contributed by atoms with Crippen LogP contribution in [0.2, 0.25) is 0 Å². The van der Waals surface area contributed by atoms with Gasteiger partial charge in [0.2, 0.25) is 0 Å². The molecule has 8 heteroatoms. The zero-order valence-electron chi connectivity index (χ0n) is 9.11. The normalized spacial score (nSPS) is 22.7. The van der Waals surface area contributed by atoms with Gasteiger partial charge in [0.15, 0.2) is 0 Å². The Balaban J connectivity index is 2.18. The van der Waals surface area contributed by atoms with Gasteiger partial charge in [-0.3, -0.25) is 14.3 Å². The highest BCUT2D eigenvalue weighted by Crippen LogP contribution is 2.27. The molecule has 1 fully saturated rings. The number of nitro benzene ring substituents is 1. The molecule has 0 amide bonds. The minimum absolute atomic E-state index is 0.220. The minimum Gasteiger partial charge on any atom is -0.367 e. The molecule has 0 aromatic heterocycles. The molecular weight excluding hydrogens is 262 g/mol. The van der Waals surface area contributed by atoms with Gasteiger partial charge in [-0.05, 0) is 6.07 Å². The number of epoxide rings is 1. The second kappa shape index (κ2) is 4.30. The third-order valence-corrected chi connectivity index (χ3v) is 3.55. The highest BCUT2D eigenvalue weighted by molar-refractivity contribution is 7.86. The lowest BCUT2D eigenvalue weighted by molar-refractivity contribution is -0.385. The van der Waals surface area contributed by atoms with E-state index in [2.05, 4.69) is 4.18 Å². The molecule has 2 radical (unpaired) electrons. The maximum atomic E-state index is 11.7. The summed E-state index contributed by atoms with van der Waals surface area (Å²) >= 11 is 0. The summed E-state index contributed by atoms with van der Waals surface area (Å²) < 4.78 is 32.9. The van der Waals surface area contributed by atoms with Crippen LogP contribution in [0.15, 0.2) is 29.2 Å². The van der Waals surface area contributed by atoms with Gasteiger partial charge < -0.3 is 4.74 Å². The molecule has 18 heavy (non-hydrogen) atoms. The molecule has 0 aliphatic carbocycles. The Morgan fingerprint density at radius 2 is 2.22 bits per heavy atom. The maximum Gasteiger partial charge on any atom is 0.297 e. The van der Waals surface area contributed by atoms with Crippen molar-refractivity contribution < 1.29 is 22.3 Å². The lowest BCUT2D eigenvalue weighted by Crippen LogP contribution is -2.19. The highest BCUT2D eigenvalue weighted by Gasteiger charge is 2.41. The molecule has 0 saturated carbocycles. The molecule has 1 heterocycles. The van der Waals surface area contributed by atoms with E-state index in [1.807, 2.05) is 0 Å². The van der Waals surface area contributed by atoms with Crippen LogP contribution in [-0.4, -0.2) is 32.2 Å². The Morgan fingerprint density at radius 1 is 1.56 bits per heavy atom. The van der Waals surface area contributed by atoms with Crippen LogP contribution in [0.5, 0.6) is 0 Å². The second-order valence-electron chi connectivity index (χ2n) is 3.82. The summed E-state index contributed by atoms with van der Waals surface area (Å²) in [7, 11) is -4.07. The fourth-order valence-electron chi connectivity index (χ4n) is 1.17. The average molecular weight is 271 g/mol. The number of hydrogen-bond donors (Lipinski definition) is 0. The summed E-state index contributed by atoms with van der Waals surface area (Å²) in [6.07, 6.45) is 0. The van der Waals surface area contributed by atoms with Crippen molar-refractivity contribution in [2.45, 2.75) is 10.5 Å². The molecule has 1 aromatic carbocycles. The first-order valence-corrected chi connectivity index (χ1v) is 6.30. The van der Waals surface area contributed by atoms with E-state index in [-0.39, 0.29) is 23.8 Å². The Hall–Kier alpha value is -1.51. The monoisotopic (exact) mass is 271 g/mol. The molecule has 0 unspecified atom stereocenters. The van der Waals surface area contributed by atoms with Gasteiger partial charge >= 0.3 is 0 Å². The summed E-state index contributed by atoms with van der Waals surface area (Å²) in [6, 6.07) is 4.58. The highest BCUT2D eigenvalue weighted by atomic mass is 32.2. The molecule has 1 aliphatic heterocycles. The quantitative estimate of drug-likeness (QED) is 0.339. The van der Waals surface area contributed by atoms with Crippen LogP contribution in [0.1, 0.15) is 0 Å². The van der Waals surface area contributed by atoms with Gasteiger partial charge in [0, 0.05) is 19.1 Å². The van der Waals surface area contributed by atoms with Crippen LogP contribution >= 0.6 is 0 Å². The fourth-order valence-corrected chi connectivity index (χ4v) is 2.18. The van der Waals surface area contributed by atoms with E-state index in [0.717, 1.165) is 6.07 Å². The fraction of sp³-hybridized carbons (Fsp3) is 0.300. The Kier molecular flexibility index (Phi) is 3.09. The Bertz CT molecular complexity index is 578. The number of hydrogen-bond acceptors (Lipinski definition) is 6. The number of ether oxygens (including phenoxy) is 1. The molecule has 0 spiro atoms. The molecule has 2 rings (SSSR count). The van der Waals surface area contributed by atoms with Gasteiger partial charge in [0.25, 0.3) is 15.8 Å². The van der Waals surface area contributed by atoms with Crippen LogP contribution in [0, 0.1) is 17.0 Å². The van der Waals surface area contributed by atoms with Crippen LogP contribution < -0.4 is 0 Å². The number of non-ortho nitro benzene ring substituents is 1. The summed E-state index contributed by atoms with van der Waals surface area (Å²) in [6.45, 7) is 5.39. The molecule has 7 nitrogen and oxygen atoms in total. The second-order valence-corrected chi connectivity index (χ2v) is 5.44. The average Bonchev–Trinajstić information content (AvgIpc) is 3.06. The summed E-state index contributed by atoms with van der Waals surface area (Å²) in [4.78, 5) is 9.56. The Morgan fingerprint density at radius 3 is 2.78 bits per heavy atom. The molecule has 0 bridgehead atoms. The van der Waals surface area contributed by atoms with Gasteiger partial charge in [-0.15, -0.1) is 0 Å². The van der Waals surface area contributed by atoms with E-state index in [1.165, 1.54) is 18.2 Å². The van der Waals surface area contributed by atoms with Crippen LogP contribution in [-0.2, 0) is 19.0 Å². The first-order valence-electron chi connectivity index (χ1n) is 4.89. The van der Waals surface area contributed by atoms with E-state index < -0.39 is 20.6 Å². The first kappa shape index (κ1) is 12.9. The first-order chi connectivity index (χ1) is 8.32. The lowest BCUT2D eigenvalue weighted by atomic mass is 10.2. The topological polar surface area (TPSA) is 99.0 Å². The molecular formula is C10H9NO6S. The number of nitro groups is 1. The van der Waals surface area contributed by atoms with E-state index in [9.17, 15) is 18.5 Å². The molecule has 96 valence electrons. The van der Waals surface area contributed by atoms with Crippen molar-refractivity contribution in [2.75, 3.05) is 13.2 Å². The van der Waals surface area contributed by atoms with E-state index in [1.54, 1.807) is 0 Å². The molecule has 1 saturated heterocycles. The van der Waals surface area contributed by atoms with E-state index in [4.69, 9.17) is 11.7 Å². The van der Waals surface area contributed by atoms with Crippen LogP contribution in [0.25, 0.3) is 0 Å². The SMILES string of the molecule is [CH][C@@]1(COS(=O)(=O)c2cccc([N+](=O)[O-])c2)CO1. The third kappa shape index (κ3) is 2.84. The Labute approximate surface area is 104 Å². The largest absolute Gasteiger partial charge is 0.367 e. The van der Waals surface area contributed by atoms with Gasteiger partial charge in [-0.2, -0.15) is 8.42 Å². The predicted octanol–water partition coefficient (Wildman–Crippen LogP) is 0.780. The van der Waals surface area contributed by atoms with Crippen molar-refractivity contribution in [3.05, 3.63) is 41.3 Å². The van der Waals surface area contributed by atoms with Crippen molar-refractivity contribution in [2.24, 2.45) is 0 Å². The number of nitrogens with zero attached hydrogens (tertiary/aromatic N) is 1. The van der Waals surface area contributed by atoms with E-state index >= 15 is 0 Å². The standard InChI is InChI=1S/C10H9NO6S/c1-10(6-16-10)7-17-18(14,15)9-4-2-3-8(5-9)11(12)13/h1-5H,6-7H2/t10-/m0/s1. The predicted molar refractivity (Wildman–Crippen MR) is 59.2 cm³/mol. The smallest absolute Gasteiger partial charge is 0.297 e. The minimum atomic E-state index is -4.07. The van der Waals surface area contributed by atoms with Crippen molar-refractivity contribution in [3.63, 3.8) is 0 Å². The third-order valence-electron chi connectivity index (χ3n) is 2.29.